The minimum absolute atomic E-state index is 0.00965. The summed E-state index contributed by atoms with van der Waals surface area (Å²) in [6.45, 7) is 1.47. The summed E-state index contributed by atoms with van der Waals surface area (Å²) in [5.74, 6) is 0.0708. The lowest BCUT2D eigenvalue weighted by atomic mass is 10.1. The minimum Gasteiger partial charge on any atom is -0.360 e. The van der Waals surface area contributed by atoms with Crippen molar-refractivity contribution in [3.63, 3.8) is 0 Å². The van der Waals surface area contributed by atoms with Crippen LogP contribution in [0.2, 0.25) is 5.02 Å². The van der Waals surface area contributed by atoms with Gasteiger partial charge in [-0.15, -0.1) is 0 Å². The van der Waals surface area contributed by atoms with E-state index in [9.17, 15) is 4.79 Å². The van der Waals surface area contributed by atoms with E-state index in [4.69, 9.17) is 11.6 Å². The summed E-state index contributed by atoms with van der Waals surface area (Å²) in [5.41, 5.74) is 2.06. The molecule has 3 rings (SSSR count). The highest BCUT2D eigenvalue weighted by atomic mass is 35.5. The molecule has 18 heavy (non-hydrogen) atoms. The van der Waals surface area contributed by atoms with Gasteiger partial charge in [-0.3, -0.25) is 4.79 Å². The molecule has 0 unspecified atom stereocenters. The van der Waals surface area contributed by atoms with E-state index in [1.165, 1.54) is 0 Å². The highest BCUT2D eigenvalue weighted by Crippen LogP contribution is 2.23. The lowest BCUT2D eigenvalue weighted by Gasteiger charge is -2.26. The van der Waals surface area contributed by atoms with Crippen molar-refractivity contribution in [2.24, 2.45) is 0 Å². The van der Waals surface area contributed by atoms with Crippen LogP contribution in [0.4, 0.5) is 0 Å². The predicted octanol–water partition coefficient (Wildman–Crippen LogP) is 1.80. The Labute approximate surface area is 110 Å². The van der Waals surface area contributed by atoms with Crippen LogP contribution < -0.4 is 10.6 Å². The van der Waals surface area contributed by atoms with Gasteiger partial charge < -0.3 is 15.6 Å². The standard InChI is InChI=1S/C13H14ClN3O/c14-10-7-16-11-2-1-8(5-9(10)11)6-17-13(18)12-3-4-15-12/h1-2,5,7,12,15-16H,3-4,6H2,(H,17,18)/t12-/m0/s1. The van der Waals surface area contributed by atoms with E-state index >= 15 is 0 Å². The molecule has 1 aromatic carbocycles. The van der Waals surface area contributed by atoms with Crippen molar-refractivity contribution < 1.29 is 4.79 Å². The quantitative estimate of drug-likeness (QED) is 0.791. The molecule has 0 aliphatic carbocycles. The van der Waals surface area contributed by atoms with Crippen LogP contribution in [0, 0.1) is 0 Å². The van der Waals surface area contributed by atoms with E-state index in [-0.39, 0.29) is 11.9 Å². The van der Waals surface area contributed by atoms with E-state index in [1.807, 2.05) is 18.2 Å². The van der Waals surface area contributed by atoms with Crippen LogP contribution in [0.15, 0.2) is 24.4 Å². The Bertz CT molecular complexity index is 589. The topological polar surface area (TPSA) is 56.9 Å². The minimum atomic E-state index is -0.00965. The first-order chi connectivity index (χ1) is 8.74. The Hall–Kier alpha value is -1.52. The highest BCUT2D eigenvalue weighted by Gasteiger charge is 2.23. The summed E-state index contributed by atoms with van der Waals surface area (Å²) in [4.78, 5) is 14.8. The number of H-pyrrole nitrogens is 1. The molecule has 3 N–H and O–H groups in total. The molecule has 94 valence electrons. The first-order valence-electron chi connectivity index (χ1n) is 6.00. The first-order valence-corrected chi connectivity index (χ1v) is 6.38. The predicted molar refractivity (Wildman–Crippen MR) is 71.6 cm³/mol. The molecule has 1 fully saturated rings. The molecule has 0 spiro atoms. The maximum Gasteiger partial charge on any atom is 0.237 e. The second-order valence-corrected chi connectivity index (χ2v) is 4.94. The lowest BCUT2D eigenvalue weighted by Crippen LogP contribution is -2.52. The molecule has 1 amide bonds. The van der Waals surface area contributed by atoms with Gasteiger partial charge in [0.05, 0.1) is 11.1 Å². The van der Waals surface area contributed by atoms with Crippen LogP contribution in [-0.2, 0) is 11.3 Å². The summed E-state index contributed by atoms with van der Waals surface area (Å²) in [5, 5.41) is 7.70. The lowest BCUT2D eigenvalue weighted by molar-refractivity contribution is -0.124. The summed E-state index contributed by atoms with van der Waals surface area (Å²) in [6, 6.07) is 5.96. The van der Waals surface area contributed by atoms with Gasteiger partial charge in [-0.1, -0.05) is 17.7 Å². The number of fused-ring (bicyclic) bond motifs is 1. The zero-order chi connectivity index (χ0) is 12.5. The third-order valence-electron chi connectivity index (χ3n) is 3.30. The number of rotatable bonds is 3. The Balaban J connectivity index is 1.70. The van der Waals surface area contributed by atoms with Crippen LogP contribution in [0.5, 0.6) is 0 Å². The highest BCUT2D eigenvalue weighted by molar-refractivity contribution is 6.35. The molecule has 1 aliphatic rings. The van der Waals surface area contributed by atoms with Crippen molar-refractivity contribution in [1.82, 2.24) is 15.6 Å². The van der Waals surface area contributed by atoms with E-state index < -0.39 is 0 Å². The third kappa shape index (κ3) is 2.09. The van der Waals surface area contributed by atoms with Gasteiger partial charge in [0.25, 0.3) is 0 Å². The van der Waals surface area contributed by atoms with Gasteiger partial charge in [-0.2, -0.15) is 0 Å². The smallest absolute Gasteiger partial charge is 0.237 e. The number of hydrogen-bond acceptors (Lipinski definition) is 2. The van der Waals surface area contributed by atoms with Crippen LogP contribution in [-0.4, -0.2) is 23.5 Å². The summed E-state index contributed by atoms with van der Waals surface area (Å²) < 4.78 is 0. The number of hydrogen-bond donors (Lipinski definition) is 3. The molecule has 1 saturated heterocycles. The van der Waals surface area contributed by atoms with Crippen molar-refractivity contribution in [1.29, 1.82) is 0 Å². The average Bonchev–Trinajstić information content (AvgIpc) is 2.66. The Kier molecular flexibility index (Phi) is 2.97. The zero-order valence-electron chi connectivity index (χ0n) is 9.79. The second-order valence-electron chi connectivity index (χ2n) is 4.53. The van der Waals surface area contributed by atoms with Gasteiger partial charge in [0, 0.05) is 23.6 Å². The Morgan fingerprint density at radius 3 is 3.06 bits per heavy atom. The molecule has 2 aromatic rings. The maximum atomic E-state index is 11.7. The molecule has 5 heteroatoms. The fourth-order valence-electron chi connectivity index (χ4n) is 2.07. The van der Waals surface area contributed by atoms with E-state index in [1.54, 1.807) is 6.20 Å². The van der Waals surface area contributed by atoms with Gasteiger partial charge >= 0.3 is 0 Å². The van der Waals surface area contributed by atoms with Gasteiger partial charge in [-0.05, 0) is 30.7 Å². The molecule has 2 heterocycles. The maximum absolute atomic E-state index is 11.7. The van der Waals surface area contributed by atoms with Crippen molar-refractivity contribution in [2.75, 3.05) is 6.54 Å². The van der Waals surface area contributed by atoms with Crippen molar-refractivity contribution in [2.45, 2.75) is 19.0 Å². The molecule has 0 bridgehead atoms. The number of aromatic nitrogens is 1. The molecular weight excluding hydrogens is 250 g/mol. The molecule has 1 atom stereocenters. The van der Waals surface area contributed by atoms with Gasteiger partial charge in [0.15, 0.2) is 0 Å². The molecular formula is C13H14ClN3O. The van der Waals surface area contributed by atoms with Crippen LogP contribution >= 0.6 is 11.6 Å². The van der Waals surface area contributed by atoms with Gasteiger partial charge in [0.1, 0.15) is 0 Å². The number of carbonyl (C=O) groups excluding carboxylic acids is 1. The van der Waals surface area contributed by atoms with E-state index in [0.29, 0.717) is 11.6 Å². The van der Waals surface area contributed by atoms with Crippen LogP contribution in [0.1, 0.15) is 12.0 Å². The van der Waals surface area contributed by atoms with E-state index in [0.717, 1.165) is 29.4 Å². The molecule has 0 radical (unpaired) electrons. The molecule has 4 nitrogen and oxygen atoms in total. The number of nitrogens with one attached hydrogen (secondary N) is 3. The second kappa shape index (κ2) is 4.63. The van der Waals surface area contributed by atoms with Crippen molar-refractivity contribution in [3.05, 3.63) is 35.0 Å². The number of aromatic amines is 1. The number of benzene rings is 1. The molecule has 1 aromatic heterocycles. The van der Waals surface area contributed by atoms with Crippen molar-refractivity contribution >= 4 is 28.4 Å². The van der Waals surface area contributed by atoms with Gasteiger partial charge in [-0.25, -0.2) is 0 Å². The SMILES string of the molecule is O=C(NCc1ccc2[nH]cc(Cl)c2c1)[C@@H]1CCN1. The number of carbonyl (C=O) groups is 1. The van der Waals surface area contributed by atoms with Gasteiger partial charge in [0.2, 0.25) is 5.91 Å². The Morgan fingerprint density at radius 2 is 2.33 bits per heavy atom. The van der Waals surface area contributed by atoms with E-state index in [2.05, 4.69) is 15.6 Å². The number of amides is 1. The monoisotopic (exact) mass is 263 g/mol. The molecule has 0 saturated carbocycles. The third-order valence-corrected chi connectivity index (χ3v) is 3.62. The largest absolute Gasteiger partial charge is 0.360 e. The summed E-state index contributed by atoms with van der Waals surface area (Å²) in [7, 11) is 0. The summed E-state index contributed by atoms with van der Waals surface area (Å²) in [6.07, 6.45) is 2.70. The van der Waals surface area contributed by atoms with Crippen LogP contribution in [0.3, 0.4) is 0 Å². The summed E-state index contributed by atoms with van der Waals surface area (Å²) >= 11 is 6.06. The van der Waals surface area contributed by atoms with Crippen molar-refractivity contribution in [3.8, 4) is 0 Å². The fourth-order valence-corrected chi connectivity index (χ4v) is 2.28. The Morgan fingerprint density at radius 1 is 1.50 bits per heavy atom. The molecule has 1 aliphatic heterocycles. The zero-order valence-corrected chi connectivity index (χ0v) is 10.6. The van der Waals surface area contributed by atoms with Crippen LogP contribution in [0.25, 0.3) is 10.9 Å². The average molecular weight is 264 g/mol. The first kappa shape index (κ1) is 11.6. The normalized spacial score (nSPS) is 18.6. The fraction of sp³-hybridized carbons (Fsp3) is 0.308. The number of halogens is 1.